The number of aliphatic hydroxyl groups is 1. The first-order valence-corrected chi connectivity index (χ1v) is 13.5. The summed E-state index contributed by atoms with van der Waals surface area (Å²) in [7, 11) is -2.79. The molecule has 211 valence electrons. The molecule has 4 heterocycles. The smallest absolute Gasteiger partial charge is 0.280 e. The van der Waals surface area contributed by atoms with Crippen LogP contribution in [0.1, 0.15) is 5.56 Å². The van der Waals surface area contributed by atoms with E-state index in [-0.39, 0.29) is 76.8 Å². The quantitative estimate of drug-likeness (QED) is 0.186. The normalized spacial score (nSPS) is 10.9. The average molecular weight is 601 g/mol. The van der Waals surface area contributed by atoms with Crippen molar-refractivity contribution in [3.63, 3.8) is 0 Å². The number of ether oxygens (including phenoxy) is 3. The van der Waals surface area contributed by atoms with E-state index in [4.69, 9.17) is 14.2 Å². The van der Waals surface area contributed by atoms with E-state index in [1.54, 1.807) is 49.4 Å². The Balaban J connectivity index is 0.00000405. The second-order valence-corrected chi connectivity index (χ2v) is 9.94. The first kappa shape index (κ1) is 30.7. The predicted octanol–water partition coefficient (Wildman–Crippen LogP) is 2.01. The summed E-state index contributed by atoms with van der Waals surface area (Å²) in [5.74, 6) is 0.370. The van der Waals surface area contributed by atoms with Crippen LogP contribution in [0.5, 0.6) is 23.1 Å². The van der Waals surface area contributed by atoms with Gasteiger partial charge in [0.1, 0.15) is 12.3 Å². The van der Waals surface area contributed by atoms with Gasteiger partial charge < -0.3 is 19.3 Å². The molecule has 0 aliphatic carbocycles. The maximum absolute atomic E-state index is 13.4. The van der Waals surface area contributed by atoms with E-state index in [1.807, 2.05) is 0 Å². The summed E-state index contributed by atoms with van der Waals surface area (Å²) < 4.78 is 46.4. The second kappa shape index (κ2) is 13.6. The monoisotopic (exact) mass is 600 g/mol. The minimum absolute atomic E-state index is 0. The molecule has 0 bridgehead atoms. The SMILES string of the molecule is COc1ccccc1Oc1c(NS(=O)(=O)c2ccc(C)cn2)nc(-c2ccnc(-c3nnn[nH]3)c2)nc1OCCO.[Na]. The van der Waals surface area contributed by atoms with Crippen LogP contribution in [0, 0.1) is 6.92 Å². The van der Waals surface area contributed by atoms with Crippen molar-refractivity contribution in [1.82, 2.24) is 40.6 Å². The second-order valence-electron chi connectivity index (χ2n) is 8.31. The number of hydrogen-bond donors (Lipinski definition) is 3. The molecular weight excluding hydrogens is 577 g/mol. The van der Waals surface area contributed by atoms with Crippen LogP contribution < -0.4 is 18.9 Å². The summed E-state index contributed by atoms with van der Waals surface area (Å²) in [4.78, 5) is 17.2. The van der Waals surface area contributed by atoms with Gasteiger partial charge in [0.15, 0.2) is 34.0 Å². The number of pyridine rings is 2. The van der Waals surface area contributed by atoms with Gasteiger partial charge in [-0.15, -0.1) is 5.10 Å². The average Bonchev–Trinajstić information content (AvgIpc) is 3.53. The molecule has 0 atom stereocenters. The van der Waals surface area contributed by atoms with Gasteiger partial charge in [0.05, 0.1) is 13.7 Å². The van der Waals surface area contributed by atoms with Crippen molar-refractivity contribution in [2.45, 2.75) is 11.9 Å². The summed E-state index contributed by atoms with van der Waals surface area (Å²) in [6.45, 7) is 1.27. The van der Waals surface area contributed by atoms with Gasteiger partial charge in [0, 0.05) is 47.5 Å². The van der Waals surface area contributed by atoms with Crippen molar-refractivity contribution in [3.05, 3.63) is 66.5 Å². The number of aliphatic hydroxyl groups excluding tert-OH is 1. The van der Waals surface area contributed by atoms with E-state index in [1.165, 1.54) is 25.6 Å². The maximum atomic E-state index is 13.4. The third-order valence-corrected chi connectivity index (χ3v) is 6.70. The number of aromatic nitrogens is 8. The van der Waals surface area contributed by atoms with Crippen LogP contribution in [0.4, 0.5) is 5.82 Å². The molecule has 0 aliphatic heterocycles. The zero-order valence-corrected chi connectivity index (χ0v) is 25.5. The molecule has 0 spiro atoms. The van der Waals surface area contributed by atoms with Crippen LogP contribution in [-0.4, -0.2) is 104 Å². The van der Waals surface area contributed by atoms with E-state index >= 15 is 0 Å². The van der Waals surface area contributed by atoms with E-state index in [0.717, 1.165) is 5.56 Å². The van der Waals surface area contributed by atoms with E-state index in [9.17, 15) is 13.5 Å². The zero-order chi connectivity index (χ0) is 28.8. The Morgan fingerprint density at radius 1 is 1.05 bits per heavy atom. The molecule has 5 aromatic rings. The molecule has 0 aliphatic rings. The number of para-hydroxylation sites is 2. The van der Waals surface area contributed by atoms with Crippen LogP contribution in [0.15, 0.2) is 66.0 Å². The Hall–Kier alpha value is -4.22. The molecule has 0 unspecified atom stereocenters. The number of methoxy groups -OCH3 is 1. The summed E-state index contributed by atoms with van der Waals surface area (Å²) in [6, 6.07) is 12.9. The number of anilines is 1. The van der Waals surface area contributed by atoms with Gasteiger partial charge in [-0.2, -0.15) is 13.4 Å². The van der Waals surface area contributed by atoms with Crippen LogP contribution in [0.25, 0.3) is 22.9 Å². The Morgan fingerprint density at radius 3 is 2.55 bits per heavy atom. The van der Waals surface area contributed by atoms with Crippen LogP contribution >= 0.6 is 0 Å². The molecule has 3 N–H and O–H groups in total. The minimum atomic E-state index is -4.25. The van der Waals surface area contributed by atoms with Gasteiger partial charge in [0.25, 0.3) is 15.9 Å². The Morgan fingerprint density at radius 2 is 1.86 bits per heavy atom. The van der Waals surface area contributed by atoms with Crippen molar-refractivity contribution in [2.75, 3.05) is 25.0 Å². The number of benzene rings is 1. The Bertz CT molecular complexity index is 1760. The van der Waals surface area contributed by atoms with Crippen molar-refractivity contribution in [1.29, 1.82) is 0 Å². The summed E-state index contributed by atoms with van der Waals surface area (Å²) in [5.41, 5.74) is 1.59. The summed E-state index contributed by atoms with van der Waals surface area (Å²) >= 11 is 0. The number of nitrogens with zero attached hydrogens (tertiary/aromatic N) is 7. The molecular formula is C25H23N9NaO6S. The van der Waals surface area contributed by atoms with E-state index in [2.05, 4.69) is 45.3 Å². The van der Waals surface area contributed by atoms with E-state index < -0.39 is 10.0 Å². The molecule has 17 heteroatoms. The van der Waals surface area contributed by atoms with Crippen molar-refractivity contribution in [3.8, 4) is 46.0 Å². The number of tetrazole rings is 1. The molecule has 42 heavy (non-hydrogen) atoms. The molecule has 5 rings (SSSR count). The molecule has 0 amide bonds. The molecule has 0 saturated heterocycles. The standard InChI is InChI=1S/C25H23N9O6S.Na/c1-15-7-8-20(27-14-15)41(36,37)32-24-21(40-19-6-4-3-5-18(19)38-2)25(39-12-11-35)29-22(28-24)16-9-10-26-17(13-16)23-30-33-34-31-23;/h3-10,13-14,35H,11-12H2,1-2H3,(H,28,29,32)(H,30,31,33,34);. The van der Waals surface area contributed by atoms with Crippen molar-refractivity contribution in [2.24, 2.45) is 0 Å². The Labute approximate surface area is 262 Å². The predicted molar refractivity (Wildman–Crippen MR) is 150 cm³/mol. The van der Waals surface area contributed by atoms with Gasteiger partial charge in [-0.1, -0.05) is 18.2 Å². The third-order valence-electron chi connectivity index (χ3n) is 5.44. The molecule has 1 radical (unpaired) electrons. The topological polar surface area (TPSA) is 200 Å². The summed E-state index contributed by atoms with van der Waals surface area (Å²) in [5, 5.41) is 22.8. The van der Waals surface area contributed by atoms with Gasteiger partial charge in [-0.25, -0.2) is 15.1 Å². The first-order valence-electron chi connectivity index (χ1n) is 12.0. The van der Waals surface area contributed by atoms with Crippen molar-refractivity contribution < 1.29 is 27.7 Å². The van der Waals surface area contributed by atoms with Gasteiger partial charge in [-0.3, -0.25) is 9.71 Å². The fourth-order valence-electron chi connectivity index (χ4n) is 3.53. The number of H-pyrrole nitrogens is 1. The van der Waals surface area contributed by atoms with E-state index in [0.29, 0.717) is 22.8 Å². The zero-order valence-electron chi connectivity index (χ0n) is 22.7. The molecule has 4 aromatic heterocycles. The number of sulfonamides is 1. The molecule has 0 fully saturated rings. The van der Waals surface area contributed by atoms with Crippen molar-refractivity contribution >= 4 is 45.4 Å². The minimum Gasteiger partial charge on any atom is -0.493 e. The first-order chi connectivity index (χ1) is 19.9. The fraction of sp³-hybridized carbons (Fsp3) is 0.160. The number of aromatic amines is 1. The van der Waals surface area contributed by atoms with Crippen LogP contribution in [-0.2, 0) is 10.0 Å². The number of hydrogen-bond acceptors (Lipinski definition) is 13. The Kier molecular flexibility index (Phi) is 9.97. The van der Waals surface area contributed by atoms with Crippen LogP contribution in [0.3, 0.4) is 0 Å². The van der Waals surface area contributed by atoms with Gasteiger partial charge >= 0.3 is 0 Å². The van der Waals surface area contributed by atoms with Gasteiger partial charge in [-0.05, 0) is 53.2 Å². The van der Waals surface area contributed by atoms with Gasteiger partial charge in [0.2, 0.25) is 5.75 Å². The number of rotatable bonds is 11. The molecule has 0 saturated carbocycles. The molecule has 1 aromatic carbocycles. The van der Waals surface area contributed by atoms with Crippen LogP contribution in [0.2, 0.25) is 0 Å². The summed E-state index contributed by atoms with van der Waals surface area (Å²) in [6.07, 6.45) is 2.92. The largest absolute Gasteiger partial charge is 0.493 e. The maximum Gasteiger partial charge on any atom is 0.280 e. The third kappa shape index (κ3) is 6.97. The molecule has 15 nitrogen and oxygen atoms in total. The number of nitrogens with one attached hydrogen (secondary N) is 2. The fourth-order valence-corrected chi connectivity index (χ4v) is 4.47. The number of aryl methyl sites for hydroxylation is 1.